The first-order valence-corrected chi connectivity index (χ1v) is 12.1. The van der Waals surface area contributed by atoms with Crippen LogP contribution in [0, 0.1) is 6.92 Å². The van der Waals surface area contributed by atoms with E-state index in [-0.39, 0.29) is 5.76 Å². The third-order valence-corrected chi connectivity index (χ3v) is 7.49. The molecule has 5 rings (SSSR count). The molecule has 1 unspecified atom stereocenters. The first-order valence-electron chi connectivity index (χ1n) is 10.3. The van der Waals surface area contributed by atoms with Crippen molar-refractivity contribution in [3.63, 3.8) is 0 Å². The molecule has 3 heterocycles. The zero-order chi connectivity index (χ0) is 23.9. The lowest BCUT2D eigenvalue weighted by Gasteiger charge is -2.21. The maximum atomic E-state index is 13.3. The molecule has 1 fully saturated rings. The molecule has 34 heavy (non-hydrogen) atoms. The van der Waals surface area contributed by atoms with Crippen molar-refractivity contribution in [3.05, 3.63) is 70.4 Å². The van der Waals surface area contributed by atoms with E-state index in [2.05, 4.69) is 26.1 Å². The summed E-state index contributed by atoms with van der Waals surface area (Å²) in [5, 5.41) is 17.6. The molecule has 1 atom stereocenters. The zero-order valence-corrected chi connectivity index (χ0v) is 19.8. The number of nitrogens with one attached hydrogen (secondary N) is 3. The van der Waals surface area contributed by atoms with Gasteiger partial charge in [0.1, 0.15) is 16.1 Å². The highest BCUT2D eigenvalue weighted by Gasteiger charge is 2.43. The molecule has 3 N–H and O–H groups in total. The molecule has 4 aromatic rings. The fourth-order valence-electron chi connectivity index (χ4n) is 3.74. The lowest BCUT2D eigenvalue weighted by Crippen LogP contribution is -2.40. The van der Waals surface area contributed by atoms with Crippen molar-refractivity contribution in [3.8, 4) is 0 Å². The van der Waals surface area contributed by atoms with E-state index < -0.39 is 23.4 Å². The molecule has 0 spiro atoms. The molecular weight excluding hydrogens is 474 g/mol. The van der Waals surface area contributed by atoms with Gasteiger partial charge < -0.3 is 15.1 Å². The van der Waals surface area contributed by atoms with Crippen LogP contribution in [0.4, 0.5) is 10.5 Å². The number of fused-ring (bicyclic) bond motifs is 1. The van der Waals surface area contributed by atoms with Crippen molar-refractivity contribution in [2.24, 2.45) is 0 Å². The summed E-state index contributed by atoms with van der Waals surface area (Å²) in [5.41, 5.74) is 1.16. The first-order chi connectivity index (χ1) is 16.3. The van der Waals surface area contributed by atoms with E-state index in [1.165, 1.54) is 23.1 Å². The number of carbonyl (C=O) groups is 3. The fourth-order valence-corrected chi connectivity index (χ4v) is 5.58. The normalized spacial score (nSPS) is 17.6. The molecule has 0 saturated carbocycles. The van der Waals surface area contributed by atoms with Crippen LogP contribution >= 0.6 is 23.1 Å². The smallest absolute Gasteiger partial charge is 0.322 e. The van der Waals surface area contributed by atoms with Gasteiger partial charge in [-0.2, -0.15) is 0 Å². The minimum absolute atomic E-state index is 0.207. The Bertz CT molecular complexity index is 1450. The number of hydrogen-bond acceptors (Lipinski definition) is 8. The number of thioether (sulfide) groups is 1. The summed E-state index contributed by atoms with van der Waals surface area (Å²) in [4.78, 5) is 37.2. The third-order valence-electron chi connectivity index (χ3n) is 5.49. The number of anilines is 1. The van der Waals surface area contributed by atoms with Crippen molar-refractivity contribution in [1.29, 1.82) is 0 Å². The Labute approximate surface area is 202 Å². The fraction of sp³-hybridized carbons (Fsp3) is 0.174. The summed E-state index contributed by atoms with van der Waals surface area (Å²) in [6.07, 6.45) is 0. The average molecular weight is 494 g/mol. The van der Waals surface area contributed by atoms with Gasteiger partial charge in [-0.1, -0.05) is 53.4 Å². The van der Waals surface area contributed by atoms with Crippen LogP contribution in [0.15, 0.2) is 57.3 Å². The minimum atomic E-state index is -1.22. The molecule has 0 aliphatic carbocycles. The highest BCUT2D eigenvalue weighted by molar-refractivity contribution is 8.00. The van der Waals surface area contributed by atoms with Gasteiger partial charge in [0, 0.05) is 22.4 Å². The van der Waals surface area contributed by atoms with Crippen LogP contribution in [0.1, 0.15) is 33.6 Å². The Balaban J connectivity index is 1.43. The standard InChI is InChI=1S/C23H19N5O4S2/c1-12-27-28-22(34-12)33-11-16-15-8-3-4-9-17(15)32-18(16)19(29)24-14-7-5-6-13(10-14)23(2)20(30)25-21(31)26-23/h3-10H,11H2,1-2H3,(H,24,29)(H2,25,26,30,31). The second kappa shape index (κ2) is 8.58. The van der Waals surface area contributed by atoms with Crippen LogP contribution < -0.4 is 16.0 Å². The van der Waals surface area contributed by atoms with Gasteiger partial charge in [0.25, 0.3) is 11.8 Å². The highest BCUT2D eigenvalue weighted by Crippen LogP contribution is 2.34. The molecule has 0 bridgehead atoms. The zero-order valence-electron chi connectivity index (χ0n) is 18.2. The van der Waals surface area contributed by atoms with Crippen LogP contribution in [0.3, 0.4) is 0 Å². The molecular formula is C23H19N5O4S2. The van der Waals surface area contributed by atoms with Gasteiger partial charge in [-0.15, -0.1) is 10.2 Å². The van der Waals surface area contributed by atoms with Crippen LogP contribution in [0.25, 0.3) is 11.0 Å². The second-order valence-electron chi connectivity index (χ2n) is 7.85. The monoisotopic (exact) mass is 493 g/mol. The summed E-state index contributed by atoms with van der Waals surface area (Å²) in [6, 6.07) is 13.7. The predicted molar refractivity (Wildman–Crippen MR) is 129 cm³/mol. The second-order valence-corrected chi connectivity index (χ2v) is 10.3. The van der Waals surface area contributed by atoms with Gasteiger partial charge >= 0.3 is 6.03 Å². The molecule has 1 aliphatic rings. The number of urea groups is 1. The SMILES string of the molecule is Cc1nnc(SCc2c(C(=O)Nc3cccc(C4(C)NC(=O)NC4=O)c3)oc3ccccc23)s1. The van der Waals surface area contributed by atoms with Gasteiger partial charge in [-0.3, -0.25) is 14.9 Å². The van der Waals surface area contributed by atoms with Crippen molar-refractivity contribution < 1.29 is 18.8 Å². The Kier molecular flexibility index (Phi) is 5.58. The molecule has 11 heteroatoms. The van der Waals surface area contributed by atoms with Crippen molar-refractivity contribution >= 4 is 57.6 Å². The van der Waals surface area contributed by atoms with Gasteiger partial charge in [-0.25, -0.2) is 4.79 Å². The van der Waals surface area contributed by atoms with Gasteiger partial charge in [0.05, 0.1) is 0 Å². The van der Waals surface area contributed by atoms with Gasteiger partial charge in [0.2, 0.25) is 0 Å². The molecule has 0 radical (unpaired) electrons. The summed E-state index contributed by atoms with van der Waals surface area (Å²) in [6.45, 7) is 3.50. The van der Waals surface area contributed by atoms with E-state index in [1.54, 1.807) is 31.2 Å². The Hall–Kier alpha value is -3.70. The maximum Gasteiger partial charge on any atom is 0.322 e. The number of amides is 4. The predicted octanol–water partition coefficient (Wildman–Crippen LogP) is 4.19. The quantitative estimate of drug-likeness (QED) is 0.272. The van der Waals surface area contributed by atoms with Crippen LogP contribution in [-0.2, 0) is 16.1 Å². The van der Waals surface area contributed by atoms with Crippen molar-refractivity contribution in [2.75, 3.05) is 5.32 Å². The number of carbonyl (C=O) groups excluding carboxylic acids is 3. The number of nitrogens with zero attached hydrogens (tertiary/aromatic N) is 2. The molecule has 2 aromatic heterocycles. The summed E-state index contributed by atoms with van der Waals surface area (Å²) >= 11 is 2.98. The number of aryl methyl sites for hydroxylation is 1. The molecule has 9 nitrogen and oxygen atoms in total. The highest BCUT2D eigenvalue weighted by atomic mass is 32.2. The largest absolute Gasteiger partial charge is 0.451 e. The molecule has 172 valence electrons. The summed E-state index contributed by atoms with van der Waals surface area (Å²) < 4.78 is 6.74. The third kappa shape index (κ3) is 4.03. The van der Waals surface area contributed by atoms with Crippen LogP contribution in [-0.4, -0.2) is 28.0 Å². The lowest BCUT2D eigenvalue weighted by atomic mass is 9.92. The first kappa shape index (κ1) is 22.1. The number of para-hydroxylation sites is 1. The number of hydrogen-bond donors (Lipinski definition) is 3. The van der Waals surface area contributed by atoms with E-state index in [0.29, 0.717) is 22.6 Å². The Morgan fingerprint density at radius 1 is 1.18 bits per heavy atom. The van der Waals surface area contributed by atoms with Crippen molar-refractivity contribution in [1.82, 2.24) is 20.8 Å². The van der Waals surface area contributed by atoms with Gasteiger partial charge in [0.15, 0.2) is 10.1 Å². The number of aromatic nitrogens is 2. The number of benzene rings is 2. The minimum Gasteiger partial charge on any atom is -0.451 e. The van der Waals surface area contributed by atoms with Crippen LogP contribution in [0.2, 0.25) is 0 Å². The molecule has 2 aromatic carbocycles. The van der Waals surface area contributed by atoms with E-state index in [4.69, 9.17) is 4.42 Å². The molecule has 1 aliphatic heterocycles. The Morgan fingerprint density at radius 3 is 2.74 bits per heavy atom. The average Bonchev–Trinajstić information content (AvgIpc) is 3.47. The van der Waals surface area contributed by atoms with E-state index in [0.717, 1.165) is 20.3 Å². The number of furan rings is 1. The maximum absolute atomic E-state index is 13.3. The lowest BCUT2D eigenvalue weighted by molar-refractivity contribution is -0.123. The number of imide groups is 1. The van der Waals surface area contributed by atoms with Crippen LogP contribution in [0.5, 0.6) is 0 Å². The number of rotatable bonds is 6. The van der Waals surface area contributed by atoms with Gasteiger partial charge in [-0.05, 0) is 37.6 Å². The van der Waals surface area contributed by atoms with E-state index in [1.807, 2.05) is 31.2 Å². The molecule has 4 amide bonds. The molecule has 1 saturated heterocycles. The Morgan fingerprint density at radius 2 is 2.00 bits per heavy atom. The van der Waals surface area contributed by atoms with E-state index >= 15 is 0 Å². The summed E-state index contributed by atoms with van der Waals surface area (Å²) in [7, 11) is 0. The van der Waals surface area contributed by atoms with Crippen molar-refractivity contribution in [2.45, 2.75) is 29.5 Å². The topological polar surface area (TPSA) is 126 Å². The summed E-state index contributed by atoms with van der Waals surface area (Å²) in [5.74, 6) is -0.177. The van der Waals surface area contributed by atoms with E-state index in [9.17, 15) is 14.4 Å².